The Morgan fingerprint density at radius 1 is 1.12 bits per heavy atom. The summed E-state index contributed by atoms with van der Waals surface area (Å²) >= 11 is 1.53. The molecule has 0 bridgehead atoms. The summed E-state index contributed by atoms with van der Waals surface area (Å²) in [7, 11) is 0. The second kappa shape index (κ2) is 13.9. The quantitative estimate of drug-likeness (QED) is 0.0666. The lowest BCUT2D eigenvalue weighted by Crippen LogP contribution is -2.53. The third kappa shape index (κ3) is 10.7. The average molecular weight is 482 g/mol. The highest BCUT2D eigenvalue weighted by molar-refractivity contribution is 7.98. The number of carbonyl (C=O) groups excluding carboxylic acids is 3. The molecule has 0 aromatic heterocycles. The van der Waals surface area contributed by atoms with Crippen molar-refractivity contribution < 1.29 is 19.4 Å². The standard InChI is InChI=1S/C20H31N7O5S/c1-12(2)11-16(17(21)28)25-19(30)15(5-4-10-23-20(22)26-27(31)32)24-18(29)13-6-8-14(33-3)9-7-13/h6-9,12,15-16H,4-5,10-11H2,1-3H3,(H2,21,28)(H,24,29)(H,25,30)(H3,22,23,26)/t15-,16-/m0/s1. The Kier molecular flexibility index (Phi) is 11.7. The fraction of sp³-hybridized carbons (Fsp3) is 0.500. The van der Waals surface area contributed by atoms with Crippen LogP contribution in [0.25, 0.3) is 0 Å². The van der Waals surface area contributed by atoms with Gasteiger partial charge in [-0.1, -0.05) is 19.3 Å². The molecule has 1 rings (SSSR count). The third-order valence-corrected chi connectivity index (χ3v) is 5.22. The molecule has 0 aliphatic heterocycles. The molecule has 1 aromatic rings. The summed E-state index contributed by atoms with van der Waals surface area (Å²) in [6.45, 7) is 3.86. The number of nitrogens with zero attached hydrogens (tertiary/aromatic N) is 2. The van der Waals surface area contributed by atoms with Crippen LogP contribution in [0.5, 0.6) is 0 Å². The summed E-state index contributed by atoms with van der Waals surface area (Å²) in [4.78, 5) is 52.5. The number of guanidine groups is 1. The zero-order valence-corrected chi connectivity index (χ0v) is 19.7. The predicted molar refractivity (Wildman–Crippen MR) is 126 cm³/mol. The van der Waals surface area contributed by atoms with Crippen LogP contribution in [0.15, 0.2) is 34.2 Å². The van der Waals surface area contributed by atoms with Crippen LogP contribution in [0.3, 0.4) is 0 Å². The molecule has 12 nitrogen and oxygen atoms in total. The number of primary amides is 1. The summed E-state index contributed by atoms with van der Waals surface area (Å²) in [5, 5.41) is 14.8. The van der Waals surface area contributed by atoms with Crippen molar-refractivity contribution in [2.24, 2.45) is 22.4 Å². The number of rotatable bonds is 13. The van der Waals surface area contributed by atoms with Gasteiger partial charge in [-0.05, 0) is 55.7 Å². The number of aliphatic imine (C=N–C) groups is 1. The fourth-order valence-corrected chi connectivity index (χ4v) is 3.27. The highest BCUT2D eigenvalue weighted by Crippen LogP contribution is 2.15. The van der Waals surface area contributed by atoms with E-state index in [2.05, 4.69) is 15.6 Å². The van der Waals surface area contributed by atoms with Crippen molar-refractivity contribution in [2.75, 3.05) is 12.8 Å². The van der Waals surface area contributed by atoms with Gasteiger partial charge in [0.25, 0.3) is 11.9 Å². The SMILES string of the molecule is CSc1ccc(C(=O)N[C@@H](CCCN=C(N)N[N+](=O)[O-])C(=O)N[C@@H](CC(C)C)C(N)=O)cc1. The normalized spacial score (nSPS) is 13.2. The van der Waals surface area contributed by atoms with Crippen LogP contribution in [0, 0.1) is 16.0 Å². The number of thioether (sulfide) groups is 1. The zero-order valence-electron chi connectivity index (χ0n) is 18.9. The molecule has 0 fully saturated rings. The predicted octanol–water partition coefficient (Wildman–Crippen LogP) is 0.399. The van der Waals surface area contributed by atoms with Gasteiger partial charge in [-0.25, -0.2) is 15.1 Å². The largest absolute Gasteiger partial charge is 0.368 e. The fourth-order valence-electron chi connectivity index (χ4n) is 2.87. The minimum Gasteiger partial charge on any atom is -0.368 e. The monoisotopic (exact) mass is 481 g/mol. The van der Waals surface area contributed by atoms with Gasteiger partial charge in [0.2, 0.25) is 11.8 Å². The first-order valence-electron chi connectivity index (χ1n) is 10.3. The van der Waals surface area contributed by atoms with Gasteiger partial charge >= 0.3 is 0 Å². The van der Waals surface area contributed by atoms with Crippen molar-refractivity contribution >= 4 is 35.4 Å². The molecule has 33 heavy (non-hydrogen) atoms. The van der Waals surface area contributed by atoms with E-state index in [9.17, 15) is 24.5 Å². The molecule has 0 radical (unpaired) electrons. The number of carbonyl (C=O) groups is 3. The van der Waals surface area contributed by atoms with E-state index >= 15 is 0 Å². The van der Waals surface area contributed by atoms with Gasteiger partial charge in [-0.15, -0.1) is 11.8 Å². The first kappa shape index (κ1) is 27.7. The third-order valence-electron chi connectivity index (χ3n) is 4.48. The summed E-state index contributed by atoms with van der Waals surface area (Å²) in [5.74, 6) is -1.95. The van der Waals surface area contributed by atoms with Crippen LogP contribution in [-0.2, 0) is 9.59 Å². The second-order valence-electron chi connectivity index (χ2n) is 7.63. The molecule has 3 amide bonds. The molecule has 13 heteroatoms. The van der Waals surface area contributed by atoms with Gasteiger partial charge in [-0.2, -0.15) is 0 Å². The van der Waals surface area contributed by atoms with Gasteiger partial charge in [0.05, 0.1) is 0 Å². The van der Waals surface area contributed by atoms with Crippen LogP contribution in [0.1, 0.15) is 43.5 Å². The number of amides is 3. The van der Waals surface area contributed by atoms with Crippen molar-refractivity contribution in [3.8, 4) is 0 Å². The van der Waals surface area contributed by atoms with Gasteiger partial charge in [0, 0.05) is 17.0 Å². The number of nitro groups is 1. The summed E-state index contributed by atoms with van der Waals surface area (Å²) in [5.41, 5.74) is 12.9. The number of benzene rings is 1. The van der Waals surface area contributed by atoms with E-state index in [0.717, 1.165) is 4.90 Å². The van der Waals surface area contributed by atoms with Gasteiger partial charge < -0.3 is 22.1 Å². The molecule has 0 saturated heterocycles. The van der Waals surface area contributed by atoms with Crippen LogP contribution >= 0.6 is 11.8 Å². The van der Waals surface area contributed by atoms with E-state index in [1.165, 1.54) is 11.8 Å². The Balaban J connectivity index is 2.91. The summed E-state index contributed by atoms with van der Waals surface area (Å²) < 4.78 is 0. The number of hydrogen-bond acceptors (Lipinski definition) is 7. The minimum atomic E-state index is -0.980. The number of nitrogens with one attached hydrogen (secondary N) is 3. The van der Waals surface area contributed by atoms with Crippen LogP contribution in [-0.4, -0.2) is 53.6 Å². The van der Waals surface area contributed by atoms with E-state index < -0.39 is 34.8 Å². The van der Waals surface area contributed by atoms with Crippen molar-refractivity contribution in [3.63, 3.8) is 0 Å². The number of nitrogens with two attached hydrogens (primary N) is 2. The lowest BCUT2D eigenvalue weighted by Gasteiger charge is -2.23. The molecule has 0 heterocycles. The van der Waals surface area contributed by atoms with E-state index in [1.807, 2.05) is 20.1 Å². The molecule has 2 atom stereocenters. The molecule has 0 aliphatic rings. The summed E-state index contributed by atoms with van der Waals surface area (Å²) in [6.07, 6.45) is 2.71. The lowest BCUT2D eigenvalue weighted by molar-refractivity contribution is -0.525. The van der Waals surface area contributed by atoms with E-state index in [0.29, 0.717) is 12.0 Å². The highest BCUT2D eigenvalue weighted by Gasteiger charge is 2.26. The zero-order chi connectivity index (χ0) is 25.0. The molecule has 0 unspecified atom stereocenters. The molecule has 1 aromatic carbocycles. The highest BCUT2D eigenvalue weighted by atomic mass is 32.2. The molecule has 0 spiro atoms. The van der Waals surface area contributed by atoms with Crippen LogP contribution in [0.4, 0.5) is 0 Å². The Bertz CT molecular complexity index is 861. The molecule has 0 aliphatic carbocycles. The first-order chi connectivity index (χ1) is 15.5. The van der Waals surface area contributed by atoms with E-state index in [4.69, 9.17) is 11.5 Å². The van der Waals surface area contributed by atoms with Gasteiger partial charge in [0.1, 0.15) is 12.1 Å². The van der Waals surface area contributed by atoms with Crippen molar-refractivity contribution in [1.29, 1.82) is 0 Å². The Morgan fingerprint density at radius 3 is 2.27 bits per heavy atom. The Labute approximate surface area is 196 Å². The van der Waals surface area contributed by atoms with Crippen molar-refractivity contribution in [1.82, 2.24) is 16.1 Å². The van der Waals surface area contributed by atoms with Gasteiger partial charge in [-0.3, -0.25) is 14.4 Å². The smallest absolute Gasteiger partial charge is 0.251 e. The number of hydrogen-bond donors (Lipinski definition) is 5. The topological polar surface area (TPSA) is 195 Å². The maximum Gasteiger partial charge on any atom is 0.251 e. The Morgan fingerprint density at radius 2 is 1.76 bits per heavy atom. The average Bonchev–Trinajstić information content (AvgIpc) is 2.74. The lowest BCUT2D eigenvalue weighted by atomic mass is 10.0. The molecule has 182 valence electrons. The first-order valence-corrected chi connectivity index (χ1v) is 11.5. The maximum absolute atomic E-state index is 12.9. The maximum atomic E-state index is 12.9. The van der Waals surface area contributed by atoms with Crippen LogP contribution in [0.2, 0.25) is 0 Å². The number of hydrazine groups is 1. The Hall–Kier alpha value is -3.35. The van der Waals surface area contributed by atoms with Crippen molar-refractivity contribution in [3.05, 3.63) is 39.9 Å². The van der Waals surface area contributed by atoms with Crippen molar-refractivity contribution in [2.45, 2.75) is 50.1 Å². The van der Waals surface area contributed by atoms with E-state index in [1.54, 1.807) is 29.7 Å². The van der Waals surface area contributed by atoms with Gasteiger partial charge in [0.15, 0.2) is 5.03 Å². The van der Waals surface area contributed by atoms with E-state index in [-0.39, 0.29) is 31.3 Å². The molecule has 0 saturated carbocycles. The summed E-state index contributed by atoms with van der Waals surface area (Å²) in [6, 6.07) is 5.02. The molecular formula is C20H31N7O5S. The second-order valence-corrected chi connectivity index (χ2v) is 8.51. The minimum absolute atomic E-state index is 0.0833. The molecule has 7 N–H and O–H groups in total. The molecular weight excluding hydrogens is 450 g/mol. The van der Waals surface area contributed by atoms with Crippen LogP contribution < -0.4 is 27.5 Å².